The van der Waals surface area contributed by atoms with Gasteiger partial charge in [0.2, 0.25) is 10.0 Å². The van der Waals surface area contributed by atoms with E-state index in [-0.39, 0.29) is 28.3 Å². The van der Waals surface area contributed by atoms with Gasteiger partial charge >= 0.3 is 0 Å². The highest BCUT2D eigenvalue weighted by molar-refractivity contribution is 7.89. The molecule has 2 aromatic rings. The van der Waals surface area contributed by atoms with Gasteiger partial charge in [-0.2, -0.15) is 0 Å². The Morgan fingerprint density at radius 2 is 1.81 bits per heavy atom. The van der Waals surface area contributed by atoms with Crippen LogP contribution in [0.15, 0.2) is 66.1 Å². The summed E-state index contributed by atoms with van der Waals surface area (Å²) in [5, 5.41) is 2.88. The highest BCUT2D eigenvalue weighted by Gasteiger charge is 2.20. The maximum atomic E-state index is 12.6. The fraction of sp³-hybridized carbons (Fsp3) is 0.250. The fourth-order valence-electron chi connectivity index (χ4n) is 2.50. The number of benzene rings is 2. The molecule has 0 spiro atoms. The van der Waals surface area contributed by atoms with Crippen LogP contribution in [0.2, 0.25) is 0 Å². The average Bonchev–Trinajstić information content (AvgIpc) is 2.59. The molecule has 0 aliphatic heterocycles. The molecule has 2 rings (SSSR count). The topological polar surface area (TPSA) is 75.3 Å². The van der Waals surface area contributed by atoms with Gasteiger partial charge in [0.25, 0.3) is 5.91 Å². The molecule has 0 aliphatic carbocycles. The molecule has 2 aromatic carbocycles. The quantitative estimate of drug-likeness (QED) is 0.759. The monoisotopic (exact) mass is 372 g/mol. The molecule has 0 atom stereocenters. The number of hydrogen-bond acceptors (Lipinski definition) is 3. The SMILES string of the molecule is C=CCNS(=O)(=O)c1cccc(C(=O)Nc2ccccc2C(C)(C)C)c1. The molecular formula is C20H24N2O3S. The first-order valence-corrected chi connectivity index (χ1v) is 9.75. The van der Waals surface area contributed by atoms with Crippen LogP contribution in [0.1, 0.15) is 36.7 Å². The van der Waals surface area contributed by atoms with Gasteiger partial charge in [0, 0.05) is 17.8 Å². The number of carbonyl (C=O) groups is 1. The van der Waals surface area contributed by atoms with Gasteiger partial charge in [-0.25, -0.2) is 13.1 Å². The van der Waals surface area contributed by atoms with Gasteiger partial charge in [0.15, 0.2) is 0 Å². The number of sulfonamides is 1. The molecule has 0 unspecified atom stereocenters. The summed E-state index contributed by atoms with van der Waals surface area (Å²) in [6.07, 6.45) is 1.46. The predicted molar refractivity (Wildman–Crippen MR) is 105 cm³/mol. The summed E-state index contributed by atoms with van der Waals surface area (Å²) in [7, 11) is -3.68. The maximum Gasteiger partial charge on any atom is 0.255 e. The lowest BCUT2D eigenvalue weighted by Crippen LogP contribution is -2.24. The van der Waals surface area contributed by atoms with Gasteiger partial charge < -0.3 is 5.32 Å². The van der Waals surface area contributed by atoms with Crippen molar-refractivity contribution in [2.45, 2.75) is 31.1 Å². The third-order valence-corrected chi connectivity index (χ3v) is 5.23. The van der Waals surface area contributed by atoms with Gasteiger partial charge in [-0.3, -0.25) is 4.79 Å². The van der Waals surface area contributed by atoms with E-state index in [9.17, 15) is 13.2 Å². The van der Waals surface area contributed by atoms with Crippen molar-refractivity contribution in [2.24, 2.45) is 0 Å². The normalized spacial score (nSPS) is 11.8. The molecule has 138 valence electrons. The number of hydrogen-bond donors (Lipinski definition) is 2. The van der Waals surface area contributed by atoms with Crippen LogP contribution in [-0.4, -0.2) is 20.9 Å². The molecule has 0 heterocycles. The lowest BCUT2D eigenvalue weighted by atomic mass is 9.86. The van der Waals surface area contributed by atoms with Crippen molar-refractivity contribution in [1.29, 1.82) is 0 Å². The first-order valence-electron chi connectivity index (χ1n) is 8.26. The van der Waals surface area contributed by atoms with E-state index in [0.717, 1.165) is 5.56 Å². The van der Waals surface area contributed by atoms with Crippen LogP contribution in [-0.2, 0) is 15.4 Å². The van der Waals surface area contributed by atoms with E-state index in [1.54, 1.807) is 12.1 Å². The minimum Gasteiger partial charge on any atom is -0.322 e. The molecule has 0 bridgehead atoms. The van der Waals surface area contributed by atoms with Gasteiger partial charge in [0.05, 0.1) is 4.90 Å². The lowest BCUT2D eigenvalue weighted by molar-refractivity contribution is 0.102. The van der Waals surface area contributed by atoms with E-state index in [1.807, 2.05) is 24.3 Å². The second-order valence-corrected chi connectivity index (χ2v) is 8.69. The van der Waals surface area contributed by atoms with Gasteiger partial charge in [0.1, 0.15) is 0 Å². The van der Waals surface area contributed by atoms with E-state index in [2.05, 4.69) is 37.4 Å². The van der Waals surface area contributed by atoms with Gasteiger partial charge in [-0.15, -0.1) is 6.58 Å². The Balaban J connectivity index is 2.30. The Hall–Kier alpha value is -2.44. The summed E-state index contributed by atoms with van der Waals surface area (Å²) in [6.45, 7) is 9.81. The largest absolute Gasteiger partial charge is 0.322 e. The highest BCUT2D eigenvalue weighted by atomic mass is 32.2. The van der Waals surface area contributed by atoms with Crippen molar-refractivity contribution >= 4 is 21.6 Å². The highest BCUT2D eigenvalue weighted by Crippen LogP contribution is 2.29. The van der Waals surface area contributed by atoms with Crippen LogP contribution in [0.5, 0.6) is 0 Å². The number of carbonyl (C=O) groups excluding carboxylic acids is 1. The number of anilines is 1. The molecule has 0 aliphatic rings. The first kappa shape index (κ1) is 19.9. The average molecular weight is 372 g/mol. The van der Waals surface area contributed by atoms with Crippen LogP contribution >= 0.6 is 0 Å². The molecule has 0 radical (unpaired) electrons. The van der Waals surface area contributed by atoms with E-state index < -0.39 is 10.0 Å². The lowest BCUT2D eigenvalue weighted by Gasteiger charge is -2.23. The van der Waals surface area contributed by atoms with Crippen molar-refractivity contribution in [3.05, 3.63) is 72.3 Å². The minimum absolute atomic E-state index is 0.0381. The van der Waals surface area contributed by atoms with Gasteiger partial charge in [-0.1, -0.05) is 51.1 Å². The molecule has 26 heavy (non-hydrogen) atoms. The summed E-state index contributed by atoms with van der Waals surface area (Å²) < 4.78 is 26.8. The van der Waals surface area contributed by atoms with Crippen molar-refractivity contribution in [3.8, 4) is 0 Å². The summed E-state index contributed by atoms with van der Waals surface area (Å²) in [5.41, 5.74) is 1.85. The molecule has 0 saturated heterocycles. The molecule has 0 saturated carbocycles. The molecular weight excluding hydrogens is 348 g/mol. The smallest absolute Gasteiger partial charge is 0.255 e. The number of rotatable bonds is 6. The van der Waals surface area contributed by atoms with E-state index >= 15 is 0 Å². The van der Waals surface area contributed by atoms with E-state index in [1.165, 1.54) is 18.2 Å². The Labute approximate surface area is 155 Å². The molecule has 0 fully saturated rings. The Kier molecular flexibility index (Phi) is 6.00. The second kappa shape index (κ2) is 7.85. The fourth-order valence-corrected chi connectivity index (χ4v) is 3.54. The molecule has 1 amide bonds. The summed E-state index contributed by atoms with van der Waals surface area (Å²) >= 11 is 0. The third kappa shape index (κ3) is 4.80. The summed E-state index contributed by atoms with van der Waals surface area (Å²) in [4.78, 5) is 12.7. The first-order chi connectivity index (χ1) is 12.1. The zero-order chi connectivity index (χ0) is 19.4. The van der Waals surface area contributed by atoms with Crippen molar-refractivity contribution in [2.75, 3.05) is 11.9 Å². The summed E-state index contributed by atoms with van der Waals surface area (Å²) in [5.74, 6) is -0.359. The molecule has 5 nitrogen and oxygen atoms in total. The third-order valence-electron chi connectivity index (χ3n) is 3.81. The number of nitrogens with one attached hydrogen (secondary N) is 2. The molecule has 2 N–H and O–H groups in total. The van der Waals surface area contributed by atoms with Crippen LogP contribution in [0.4, 0.5) is 5.69 Å². The van der Waals surface area contributed by atoms with Crippen molar-refractivity contribution < 1.29 is 13.2 Å². The molecule has 6 heteroatoms. The van der Waals surface area contributed by atoms with Crippen LogP contribution in [0, 0.1) is 0 Å². The number of amides is 1. The Morgan fingerprint density at radius 3 is 2.46 bits per heavy atom. The van der Waals surface area contributed by atoms with Crippen molar-refractivity contribution in [1.82, 2.24) is 4.72 Å². The zero-order valence-electron chi connectivity index (χ0n) is 15.2. The van der Waals surface area contributed by atoms with E-state index in [4.69, 9.17) is 0 Å². The summed E-state index contributed by atoms with van der Waals surface area (Å²) in [6, 6.07) is 13.5. The van der Waals surface area contributed by atoms with Crippen LogP contribution in [0.25, 0.3) is 0 Å². The van der Waals surface area contributed by atoms with Crippen LogP contribution < -0.4 is 10.0 Å². The second-order valence-electron chi connectivity index (χ2n) is 6.92. The van der Waals surface area contributed by atoms with Crippen LogP contribution in [0.3, 0.4) is 0 Å². The predicted octanol–water partition coefficient (Wildman–Crippen LogP) is 3.70. The Bertz CT molecular complexity index is 913. The van der Waals surface area contributed by atoms with Gasteiger partial charge in [-0.05, 0) is 35.2 Å². The molecule has 0 aromatic heterocycles. The standard InChI is InChI=1S/C20H24N2O3S/c1-5-13-21-26(24,25)16-10-8-9-15(14-16)19(23)22-18-12-7-6-11-17(18)20(2,3)4/h5-12,14,21H,1,13H2,2-4H3,(H,22,23). The zero-order valence-corrected chi connectivity index (χ0v) is 16.1. The Morgan fingerprint density at radius 1 is 1.12 bits per heavy atom. The van der Waals surface area contributed by atoms with Crippen molar-refractivity contribution in [3.63, 3.8) is 0 Å². The maximum absolute atomic E-state index is 12.6. The van der Waals surface area contributed by atoms with E-state index in [0.29, 0.717) is 5.69 Å². The number of para-hydroxylation sites is 1. The minimum atomic E-state index is -3.68.